The Morgan fingerprint density at radius 1 is 0.923 bits per heavy atom. The highest BCUT2D eigenvalue weighted by atomic mass is 32.2. The highest BCUT2D eigenvalue weighted by Gasteiger charge is 2.20. The molecule has 0 saturated carbocycles. The Balaban J connectivity index is 1.33. The molecule has 208 valence electrons. The number of nitrogens with zero attached hydrogens (tertiary/aromatic N) is 4. The van der Waals surface area contributed by atoms with Gasteiger partial charge in [-0.05, 0) is 24.6 Å². The largest absolute Gasteiger partial charge is 0.491 e. The molecule has 0 spiro atoms. The van der Waals surface area contributed by atoms with E-state index in [2.05, 4.69) is 9.62 Å². The molecule has 1 aliphatic heterocycles. The number of hydrogen-bond acceptors (Lipinski definition) is 8. The number of ether oxygens (including phenoxy) is 1. The van der Waals surface area contributed by atoms with Crippen LogP contribution >= 0.6 is 0 Å². The molecule has 1 saturated heterocycles. The molecule has 0 atom stereocenters. The number of benzene rings is 2. The van der Waals surface area contributed by atoms with Crippen LogP contribution in [0.4, 0.5) is 11.5 Å². The van der Waals surface area contributed by atoms with Crippen LogP contribution in [0.1, 0.15) is 22.3 Å². The van der Waals surface area contributed by atoms with Gasteiger partial charge in [-0.2, -0.15) is 0 Å². The third kappa shape index (κ3) is 6.95. The van der Waals surface area contributed by atoms with E-state index in [-0.39, 0.29) is 22.7 Å². The minimum absolute atomic E-state index is 0.214. The summed E-state index contributed by atoms with van der Waals surface area (Å²) in [6, 6.07) is 15.0. The quantitative estimate of drug-likeness (QED) is 0.293. The predicted octanol–water partition coefficient (Wildman–Crippen LogP) is 1.28. The van der Waals surface area contributed by atoms with E-state index in [1.807, 2.05) is 11.0 Å². The first-order valence-corrected chi connectivity index (χ1v) is 14.5. The molecule has 0 radical (unpaired) electrons. The van der Waals surface area contributed by atoms with Crippen LogP contribution in [-0.4, -0.2) is 73.8 Å². The molecule has 1 aliphatic rings. The van der Waals surface area contributed by atoms with Gasteiger partial charge >= 0.3 is 5.69 Å². The molecule has 2 aromatic carbocycles. The van der Waals surface area contributed by atoms with E-state index in [0.717, 1.165) is 30.5 Å². The molecule has 1 aromatic heterocycles. The molecule has 0 bridgehead atoms. The van der Waals surface area contributed by atoms with Gasteiger partial charge in [-0.3, -0.25) is 28.3 Å². The fourth-order valence-corrected chi connectivity index (χ4v) is 5.09. The van der Waals surface area contributed by atoms with Crippen LogP contribution in [0.25, 0.3) is 0 Å². The van der Waals surface area contributed by atoms with Crippen molar-refractivity contribution in [2.75, 3.05) is 55.2 Å². The molecular formula is C27H33N5O6S. The number of sulfonamides is 1. The summed E-state index contributed by atoms with van der Waals surface area (Å²) in [5.74, 6) is 0.751. The second kappa shape index (κ2) is 11.9. The zero-order chi connectivity index (χ0) is 28.2. The van der Waals surface area contributed by atoms with E-state index in [4.69, 9.17) is 4.74 Å². The molecule has 11 nitrogen and oxygen atoms in total. The number of hydrogen-bond donors (Lipinski definition) is 1. The Bertz CT molecular complexity index is 1560. The van der Waals surface area contributed by atoms with Crippen LogP contribution in [0.3, 0.4) is 0 Å². The second-order valence-corrected chi connectivity index (χ2v) is 11.3. The van der Waals surface area contributed by atoms with Crippen LogP contribution in [0.2, 0.25) is 0 Å². The summed E-state index contributed by atoms with van der Waals surface area (Å²) in [6.45, 7) is 4.01. The number of ketones is 1. The molecule has 39 heavy (non-hydrogen) atoms. The molecule has 1 N–H and O–H groups in total. The SMILES string of the molecule is Cn1c(N2CCN(CCCOc3ccc(C(=O)c4ccccc4)cc3NS(C)(=O)=O)CC2)cc(=O)n(C)c1=O. The van der Waals surface area contributed by atoms with Crippen LogP contribution in [0.15, 0.2) is 64.2 Å². The van der Waals surface area contributed by atoms with Crippen molar-refractivity contribution in [3.05, 3.63) is 86.6 Å². The molecule has 0 amide bonds. The molecule has 3 aromatic rings. The Kier molecular flexibility index (Phi) is 8.56. The number of nitrogens with one attached hydrogen (secondary N) is 1. The van der Waals surface area contributed by atoms with Gasteiger partial charge in [-0.25, -0.2) is 13.2 Å². The van der Waals surface area contributed by atoms with Crippen molar-refractivity contribution in [2.24, 2.45) is 14.1 Å². The Morgan fingerprint density at radius 2 is 1.62 bits per heavy atom. The third-order valence-electron chi connectivity index (χ3n) is 6.65. The van der Waals surface area contributed by atoms with Crippen molar-refractivity contribution in [2.45, 2.75) is 6.42 Å². The van der Waals surface area contributed by atoms with Crippen molar-refractivity contribution >= 4 is 27.3 Å². The molecule has 12 heteroatoms. The zero-order valence-corrected chi connectivity index (χ0v) is 23.1. The van der Waals surface area contributed by atoms with E-state index >= 15 is 0 Å². The summed E-state index contributed by atoms with van der Waals surface area (Å²) < 4.78 is 34.8. The average molecular weight is 556 g/mol. The molecule has 2 heterocycles. The number of aromatic nitrogens is 2. The second-order valence-electron chi connectivity index (χ2n) is 9.55. The number of rotatable bonds is 10. The maximum Gasteiger partial charge on any atom is 0.332 e. The number of carbonyl (C=O) groups excluding carboxylic acids is 1. The van der Waals surface area contributed by atoms with Gasteiger partial charge in [-0.15, -0.1) is 0 Å². The summed E-state index contributed by atoms with van der Waals surface area (Å²) in [7, 11) is -0.460. The topological polar surface area (TPSA) is 123 Å². The molecule has 0 unspecified atom stereocenters. The van der Waals surface area contributed by atoms with E-state index < -0.39 is 10.0 Å². The van der Waals surface area contributed by atoms with E-state index in [0.29, 0.717) is 48.8 Å². The van der Waals surface area contributed by atoms with Crippen molar-refractivity contribution in [1.82, 2.24) is 14.0 Å². The maximum atomic E-state index is 12.8. The fourth-order valence-electron chi connectivity index (χ4n) is 4.53. The standard InChI is InChI=1S/C27H33N5O6S/c1-29-24(19-25(33)30(2)27(29)35)32-15-13-31(14-16-32)12-7-17-38-23-11-10-21(18-22(23)28-39(3,36)37)26(34)20-8-5-4-6-9-20/h4-6,8-11,18-19,28H,7,12-17H2,1-3H3. The lowest BCUT2D eigenvalue weighted by Crippen LogP contribution is -2.49. The molecule has 4 rings (SSSR count). The van der Waals surface area contributed by atoms with Crippen molar-refractivity contribution < 1.29 is 17.9 Å². The van der Waals surface area contributed by atoms with Gasteiger partial charge in [-0.1, -0.05) is 30.3 Å². The highest BCUT2D eigenvalue weighted by Crippen LogP contribution is 2.28. The normalized spacial score (nSPS) is 14.3. The van der Waals surface area contributed by atoms with Gasteiger partial charge < -0.3 is 9.64 Å². The van der Waals surface area contributed by atoms with Crippen molar-refractivity contribution in [1.29, 1.82) is 0 Å². The van der Waals surface area contributed by atoms with Crippen molar-refractivity contribution in [3.63, 3.8) is 0 Å². The minimum Gasteiger partial charge on any atom is -0.491 e. The fraction of sp³-hybridized carbons (Fsp3) is 0.370. The lowest BCUT2D eigenvalue weighted by molar-refractivity contribution is 0.103. The van der Waals surface area contributed by atoms with Gasteiger partial charge in [0.2, 0.25) is 10.0 Å². The Hall–Kier alpha value is -3.90. The lowest BCUT2D eigenvalue weighted by Gasteiger charge is -2.36. The minimum atomic E-state index is -3.59. The number of anilines is 2. The monoisotopic (exact) mass is 555 g/mol. The first-order chi connectivity index (χ1) is 18.5. The van der Waals surface area contributed by atoms with Crippen molar-refractivity contribution in [3.8, 4) is 5.75 Å². The number of piperazine rings is 1. The molecule has 1 fully saturated rings. The van der Waals surface area contributed by atoms with Gasteiger partial charge in [0.05, 0.1) is 18.6 Å². The smallest absolute Gasteiger partial charge is 0.332 e. The van der Waals surface area contributed by atoms with E-state index in [1.54, 1.807) is 43.4 Å². The highest BCUT2D eigenvalue weighted by molar-refractivity contribution is 7.92. The van der Waals surface area contributed by atoms with Gasteiger partial charge in [0.25, 0.3) is 5.56 Å². The summed E-state index contributed by atoms with van der Waals surface area (Å²) >= 11 is 0. The van der Waals surface area contributed by atoms with E-state index in [1.165, 1.54) is 23.7 Å². The average Bonchev–Trinajstić information content (AvgIpc) is 2.92. The number of carbonyl (C=O) groups is 1. The van der Waals surface area contributed by atoms with Crippen LogP contribution in [0, 0.1) is 0 Å². The Labute approximate surface area is 227 Å². The van der Waals surface area contributed by atoms with E-state index in [9.17, 15) is 22.8 Å². The molecule has 0 aliphatic carbocycles. The van der Waals surface area contributed by atoms with Gasteiger partial charge in [0, 0.05) is 64.0 Å². The lowest BCUT2D eigenvalue weighted by atomic mass is 10.0. The predicted molar refractivity (Wildman–Crippen MR) is 150 cm³/mol. The Morgan fingerprint density at radius 3 is 2.28 bits per heavy atom. The third-order valence-corrected chi connectivity index (χ3v) is 7.24. The zero-order valence-electron chi connectivity index (χ0n) is 22.3. The summed E-state index contributed by atoms with van der Waals surface area (Å²) in [6.07, 6.45) is 1.75. The van der Waals surface area contributed by atoms with Crippen LogP contribution < -0.4 is 25.6 Å². The van der Waals surface area contributed by atoms with Gasteiger partial charge in [0.15, 0.2) is 5.78 Å². The summed E-state index contributed by atoms with van der Waals surface area (Å²) in [5, 5.41) is 0. The molecular weight excluding hydrogens is 522 g/mol. The first kappa shape index (κ1) is 28.1. The van der Waals surface area contributed by atoms with Gasteiger partial charge in [0.1, 0.15) is 11.6 Å². The maximum absolute atomic E-state index is 12.8. The first-order valence-electron chi connectivity index (χ1n) is 12.6. The summed E-state index contributed by atoms with van der Waals surface area (Å²) in [5.41, 5.74) is 0.404. The van der Waals surface area contributed by atoms with Crippen LogP contribution in [-0.2, 0) is 24.1 Å². The van der Waals surface area contributed by atoms with Crippen LogP contribution in [0.5, 0.6) is 5.75 Å². The summed E-state index contributed by atoms with van der Waals surface area (Å²) in [4.78, 5) is 41.5.